The normalized spacial score (nSPS) is 25.0. The van der Waals surface area contributed by atoms with Crippen molar-refractivity contribution in [2.75, 3.05) is 19.0 Å². The van der Waals surface area contributed by atoms with Crippen LogP contribution in [0.4, 0.5) is 0 Å². The quantitative estimate of drug-likeness (QED) is 0.776. The molecule has 17 heavy (non-hydrogen) atoms. The summed E-state index contributed by atoms with van der Waals surface area (Å²) >= 11 is 10.6. The second-order valence-electron chi connectivity index (χ2n) is 4.04. The number of thiophene rings is 1. The molecule has 2 atom stereocenters. The van der Waals surface area contributed by atoms with Crippen molar-refractivity contribution in [3.8, 4) is 0 Å². The first kappa shape index (κ1) is 13.3. The van der Waals surface area contributed by atoms with Crippen LogP contribution >= 0.6 is 38.9 Å². The van der Waals surface area contributed by atoms with Gasteiger partial charge in [0.1, 0.15) is 0 Å². The van der Waals surface area contributed by atoms with Crippen molar-refractivity contribution < 1.29 is 9.53 Å². The number of hydrogen-bond acceptors (Lipinski definition) is 3. The van der Waals surface area contributed by atoms with Crippen LogP contribution in [0, 0.1) is 0 Å². The lowest BCUT2D eigenvalue weighted by Crippen LogP contribution is -2.49. The van der Waals surface area contributed by atoms with Crippen LogP contribution in [0.1, 0.15) is 16.6 Å². The van der Waals surface area contributed by atoms with E-state index in [2.05, 4.69) is 15.9 Å². The lowest BCUT2D eigenvalue weighted by molar-refractivity contribution is -0.0569. The van der Waals surface area contributed by atoms with Gasteiger partial charge in [-0.05, 0) is 35.0 Å². The van der Waals surface area contributed by atoms with Crippen LogP contribution in [-0.2, 0) is 4.74 Å². The van der Waals surface area contributed by atoms with Gasteiger partial charge in [-0.1, -0.05) is 0 Å². The van der Waals surface area contributed by atoms with Crippen LogP contribution in [0.25, 0.3) is 0 Å². The van der Waals surface area contributed by atoms with Crippen LogP contribution in [0.5, 0.6) is 0 Å². The molecule has 1 aromatic heterocycles. The predicted molar refractivity (Wildman–Crippen MR) is 73.0 cm³/mol. The summed E-state index contributed by atoms with van der Waals surface area (Å²) in [5.41, 5.74) is 0. The van der Waals surface area contributed by atoms with Crippen molar-refractivity contribution in [1.82, 2.24) is 4.90 Å². The van der Waals surface area contributed by atoms with Gasteiger partial charge >= 0.3 is 0 Å². The third-order valence-corrected chi connectivity index (χ3v) is 4.53. The van der Waals surface area contributed by atoms with E-state index in [-0.39, 0.29) is 18.1 Å². The SMILES string of the molecule is CC1CN(C(=O)c2ccc(Br)s2)CC(CCl)O1. The smallest absolute Gasteiger partial charge is 0.264 e. The molecule has 1 aliphatic rings. The minimum Gasteiger partial charge on any atom is -0.370 e. The molecule has 1 amide bonds. The summed E-state index contributed by atoms with van der Waals surface area (Å²) < 4.78 is 6.59. The molecular formula is C11H13BrClNO2S. The standard InChI is InChI=1S/C11H13BrClNO2S/c1-7-5-14(6-8(4-13)16-7)11(15)9-2-3-10(12)17-9/h2-3,7-8H,4-6H2,1H3. The number of carbonyl (C=O) groups is 1. The Morgan fingerprint density at radius 1 is 1.65 bits per heavy atom. The number of carbonyl (C=O) groups excluding carboxylic acids is 1. The zero-order chi connectivity index (χ0) is 12.4. The fourth-order valence-electron chi connectivity index (χ4n) is 1.88. The summed E-state index contributed by atoms with van der Waals surface area (Å²) in [5.74, 6) is 0.480. The number of halogens is 2. The maximum absolute atomic E-state index is 12.2. The molecular weight excluding hydrogens is 326 g/mol. The van der Waals surface area contributed by atoms with Gasteiger partial charge in [-0.2, -0.15) is 0 Å². The number of alkyl halides is 1. The molecule has 0 saturated carbocycles. The number of amides is 1. The number of morpholine rings is 1. The van der Waals surface area contributed by atoms with Gasteiger partial charge in [-0.25, -0.2) is 0 Å². The van der Waals surface area contributed by atoms with Crippen LogP contribution in [0.3, 0.4) is 0 Å². The Bertz CT molecular complexity index is 412. The van der Waals surface area contributed by atoms with Crippen molar-refractivity contribution >= 4 is 44.8 Å². The molecule has 0 bridgehead atoms. The Morgan fingerprint density at radius 3 is 3.00 bits per heavy atom. The molecule has 1 fully saturated rings. The van der Waals surface area contributed by atoms with E-state index in [1.165, 1.54) is 11.3 Å². The van der Waals surface area contributed by atoms with Crippen molar-refractivity contribution in [2.45, 2.75) is 19.1 Å². The predicted octanol–water partition coefficient (Wildman–Crippen LogP) is 2.98. The Labute approximate surface area is 118 Å². The third kappa shape index (κ3) is 3.22. The Balaban J connectivity index is 2.08. The maximum Gasteiger partial charge on any atom is 0.264 e. The van der Waals surface area contributed by atoms with Crippen molar-refractivity contribution in [2.24, 2.45) is 0 Å². The second kappa shape index (κ2) is 5.69. The lowest BCUT2D eigenvalue weighted by atomic mass is 10.2. The molecule has 2 heterocycles. The van der Waals surface area contributed by atoms with Gasteiger partial charge in [0, 0.05) is 13.1 Å². The average molecular weight is 339 g/mol. The summed E-state index contributed by atoms with van der Waals surface area (Å²) in [4.78, 5) is 14.8. The number of nitrogens with zero attached hydrogens (tertiary/aromatic N) is 1. The van der Waals surface area contributed by atoms with Gasteiger partial charge in [-0.15, -0.1) is 22.9 Å². The molecule has 0 N–H and O–H groups in total. The first-order chi connectivity index (χ1) is 8.10. The van der Waals surface area contributed by atoms with Gasteiger partial charge in [0.15, 0.2) is 0 Å². The Kier molecular flexibility index (Phi) is 4.47. The molecule has 1 aliphatic heterocycles. The monoisotopic (exact) mass is 337 g/mol. The zero-order valence-electron chi connectivity index (χ0n) is 9.36. The molecule has 0 aliphatic carbocycles. The van der Waals surface area contributed by atoms with Crippen LogP contribution in [-0.4, -0.2) is 42.0 Å². The minimum atomic E-state index is -0.0623. The van der Waals surface area contributed by atoms with Crippen LogP contribution < -0.4 is 0 Å². The molecule has 6 heteroatoms. The zero-order valence-corrected chi connectivity index (χ0v) is 12.5. The molecule has 3 nitrogen and oxygen atoms in total. The Morgan fingerprint density at radius 2 is 2.41 bits per heavy atom. The highest BCUT2D eigenvalue weighted by molar-refractivity contribution is 9.11. The molecule has 0 radical (unpaired) electrons. The first-order valence-corrected chi connectivity index (χ1v) is 7.50. The van der Waals surface area contributed by atoms with Crippen molar-refractivity contribution in [1.29, 1.82) is 0 Å². The van der Waals surface area contributed by atoms with E-state index in [1.54, 1.807) is 0 Å². The maximum atomic E-state index is 12.2. The summed E-state index contributed by atoms with van der Waals surface area (Å²) in [7, 11) is 0. The van der Waals surface area contributed by atoms with Gasteiger partial charge in [-0.3, -0.25) is 4.79 Å². The molecule has 94 valence electrons. The van der Waals surface area contributed by atoms with Gasteiger partial charge in [0.25, 0.3) is 5.91 Å². The largest absolute Gasteiger partial charge is 0.370 e. The summed E-state index contributed by atoms with van der Waals surface area (Å²) in [6.45, 7) is 3.16. The highest BCUT2D eigenvalue weighted by Gasteiger charge is 2.28. The van der Waals surface area contributed by atoms with E-state index in [1.807, 2.05) is 24.0 Å². The summed E-state index contributed by atoms with van der Waals surface area (Å²) in [6, 6.07) is 3.73. The Hall–Kier alpha value is -0.100. The summed E-state index contributed by atoms with van der Waals surface area (Å²) in [6.07, 6.45) is -0.0207. The van der Waals surface area contributed by atoms with Gasteiger partial charge in [0.05, 0.1) is 26.8 Å². The third-order valence-electron chi connectivity index (χ3n) is 2.57. The first-order valence-electron chi connectivity index (χ1n) is 5.36. The van der Waals surface area contributed by atoms with Gasteiger partial charge < -0.3 is 9.64 Å². The lowest BCUT2D eigenvalue weighted by Gasteiger charge is -2.35. The molecule has 0 aromatic carbocycles. The second-order valence-corrected chi connectivity index (χ2v) is 6.81. The average Bonchev–Trinajstić information content (AvgIpc) is 2.74. The van der Waals surface area contributed by atoms with Crippen LogP contribution in [0.2, 0.25) is 0 Å². The van der Waals surface area contributed by atoms with Crippen molar-refractivity contribution in [3.63, 3.8) is 0 Å². The topological polar surface area (TPSA) is 29.5 Å². The van der Waals surface area contributed by atoms with E-state index in [4.69, 9.17) is 16.3 Å². The van der Waals surface area contributed by atoms with E-state index < -0.39 is 0 Å². The summed E-state index contributed by atoms with van der Waals surface area (Å²) in [5, 5.41) is 0. The fraction of sp³-hybridized carbons (Fsp3) is 0.545. The molecule has 1 saturated heterocycles. The molecule has 2 unspecified atom stereocenters. The minimum absolute atomic E-state index is 0.0415. The van der Waals surface area contributed by atoms with Gasteiger partial charge in [0.2, 0.25) is 0 Å². The van der Waals surface area contributed by atoms with E-state index in [0.29, 0.717) is 19.0 Å². The van der Waals surface area contributed by atoms with E-state index in [9.17, 15) is 4.79 Å². The number of ether oxygens (including phenoxy) is 1. The number of hydrogen-bond donors (Lipinski definition) is 0. The van der Waals surface area contributed by atoms with Crippen molar-refractivity contribution in [3.05, 3.63) is 20.8 Å². The van der Waals surface area contributed by atoms with E-state index in [0.717, 1.165) is 8.66 Å². The molecule has 0 spiro atoms. The van der Waals surface area contributed by atoms with E-state index >= 15 is 0 Å². The molecule has 2 rings (SSSR count). The number of rotatable bonds is 2. The highest BCUT2D eigenvalue weighted by Crippen LogP contribution is 2.24. The fourth-order valence-corrected chi connectivity index (χ4v) is 3.41. The van der Waals surface area contributed by atoms with Crippen LogP contribution in [0.15, 0.2) is 15.9 Å². The molecule has 1 aromatic rings. The highest BCUT2D eigenvalue weighted by atomic mass is 79.9.